The van der Waals surface area contributed by atoms with Crippen LogP contribution in [-0.4, -0.2) is 16.1 Å². The van der Waals surface area contributed by atoms with Crippen molar-refractivity contribution in [3.05, 3.63) is 12.3 Å². The smallest absolute Gasteiger partial charge is 0.0714 e. The summed E-state index contributed by atoms with van der Waals surface area (Å²) < 4.78 is 2.61. The molecular formula is C10H16NP. The van der Waals surface area contributed by atoms with Gasteiger partial charge in [-0.25, -0.2) is 0 Å². The maximum atomic E-state index is 2.61. The molecule has 0 spiro atoms. The van der Waals surface area contributed by atoms with E-state index in [0.29, 0.717) is 8.07 Å². The fraction of sp³-hybridized carbons (Fsp3) is 0.800. The summed E-state index contributed by atoms with van der Waals surface area (Å²) in [6.07, 6.45) is 7.72. The Morgan fingerprint density at radius 2 is 2.50 bits per heavy atom. The lowest BCUT2D eigenvalue weighted by molar-refractivity contribution is 0.388. The molecule has 2 fully saturated rings. The third-order valence-corrected chi connectivity index (χ3v) is 6.84. The Labute approximate surface area is 75.6 Å². The molecule has 3 aliphatic heterocycles. The van der Waals surface area contributed by atoms with Crippen LogP contribution in [0.2, 0.25) is 0 Å². The molecule has 1 nitrogen and oxygen atoms in total. The van der Waals surface area contributed by atoms with E-state index < -0.39 is 0 Å². The van der Waals surface area contributed by atoms with Gasteiger partial charge in [0, 0.05) is 13.7 Å². The van der Waals surface area contributed by atoms with Crippen LogP contribution >= 0.6 is 8.07 Å². The van der Waals surface area contributed by atoms with E-state index in [-0.39, 0.29) is 0 Å². The van der Waals surface area contributed by atoms with E-state index in [1.807, 2.05) is 0 Å². The van der Waals surface area contributed by atoms with Crippen molar-refractivity contribution < 1.29 is 0 Å². The van der Waals surface area contributed by atoms with Gasteiger partial charge in [-0.15, -0.1) is 0 Å². The lowest BCUT2D eigenvalue weighted by Crippen LogP contribution is -2.27. The van der Waals surface area contributed by atoms with Gasteiger partial charge in [0.2, 0.25) is 0 Å². The molecule has 5 atom stereocenters. The second-order valence-electron chi connectivity index (χ2n) is 4.35. The summed E-state index contributed by atoms with van der Waals surface area (Å²) in [5.74, 6) is 2.88. The topological polar surface area (TPSA) is 3.01 Å². The number of hydrogen-bond acceptors (Lipinski definition) is 1. The highest BCUT2D eigenvalue weighted by Crippen LogP contribution is 2.82. The quantitative estimate of drug-likeness (QED) is 0.467. The van der Waals surface area contributed by atoms with Crippen molar-refractivity contribution in [3.8, 4) is 0 Å². The molecule has 0 aromatic carbocycles. The maximum absolute atomic E-state index is 2.61. The molecule has 3 aliphatic rings. The lowest BCUT2D eigenvalue weighted by Gasteiger charge is -2.33. The first kappa shape index (κ1) is 7.38. The van der Waals surface area contributed by atoms with Gasteiger partial charge in [0.25, 0.3) is 0 Å². The normalized spacial score (nSPS) is 49.7. The zero-order valence-corrected chi connectivity index (χ0v) is 8.67. The van der Waals surface area contributed by atoms with Crippen LogP contribution in [0.5, 0.6) is 0 Å². The molecule has 0 aromatic heterocycles. The summed E-state index contributed by atoms with van der Waals surface area (Å²) >= 11 is 0. The van der Waals surface area contributed by atoms with Crippen molar-refractivity contribution in [1.29, 1.82) is 0 Å². The molecule has 2 heteroatoms. The molecule has 2 saturated heterocycles. The van der Waals surface area contributed by atoms with E-state index in [0.717, 1.165) is 23.3 Å². The van der Waals surface area contributed by atoms with Crippen LogP contribution in [0.4, 0.5) is 0 Å². The number of rotatable bonds is 2. The van der Waals surface area contributed by atoms with Crippen LogP contribution in [-0.2, 0) is 0 Å². The minimum absolute atomic E-state index is 0.380. The number of allylic oxidation sites excluding steroid dienone is 1. The van der Waals surface area contributed by atoms with Crippen molar-refractivity contribution in [2.45, 2.75) is 38.1 Å². The van der Waals surface area contributed by atoms with E-state index >= 15 is 0 Å². The highest BCUT2D eigenvalue weighted by Gasteiger charge is 2.64. The minimum Gasteiger partial charge on any atom is -0.346 e. The van der Waals surface area contributed by atoms with Gasteiger partial charge in [0.15, 0.2) is 0 Å². The zero-order valence-electron chi connectivity index (χ0n) is 7.77. The molecule has 0 saturated carbocycles. The predicted octanol–water partition coefficient (Wildman–Crippen LogP) is 2.99. The van der Waals surface area contributed by atoms with Gasteiger partial charge in [-0.2, -0.15) is 0 Å². The average molecular weight is 181 g/mol. The Morgan fingerprint density at radius 1 is 1.67 bits per heavy atom. The third-order valence-electron chi connectivity index (χ3n) is 3.82. The van der Waals surface area contributed by atoms with Crippen LogP contribution in [0.25, 0.3) is 0 Å². The molecule has 0 aliphatic carbocycles. The molecule has 3 heterocycles. The standard InChI is InChI=1S/C10H16NP/c1-3-7(2)8-4-5-11-10-6-9(8)12(10)11/h4-5,7-10H,3,6H2,1-2H3. The molecule has 0 bridgehead atoms. The first-order valence-corrected chi connectivity index (χ1v) is 6.51. The molecule has 66 valence electrons. The van der Waals surface area contributed by atoms with E-state index in [4.69, 9.17) is 0 Å². The molecule has 12 heavy (non-hydrogen) atoms. The van der Waals surface area contributed by atoms with Gasteiger partial charge < -0.3 is 4.67 Å². The van der Waals surface area contributed by atoms with Crippen molar-refractivity contribution in [3.63, 3.8) is 0 Å². The van der Waals surface area contributed by atoms with Crippen molar-refractivity contribution in [1.82, 2.24) is 4.67 Å². The monoisotopic (exact) mass is 181 g/mol. The third kappa shape index (κ3) is 0.738. The first-order valence-electron chi connectivity index (χ1n) is 5.08. The minimum atomic E-state index is 0.380. The van der Waals surface area contributed by atoms with Crippen LogP contribution in [0.3, 0.4) is 0 Å². The van der Waals surface area contributed by atoms with Crippen molar-refractivity contribution in [2.24, 2.45) is 11.8 Å². The molecule has 0 N–H and O–H groups in total. The van der Waals surface area contributed by atoms with Crippen LogP contribution in [0.1, 0.15) is 26.7 Å². The van der Waals surface area contributed by atoms with Gasteiger partial charge in [0.1, 0.15) is 0 Å². The SMILES string of the molecule is CCC(C)C1C=CN2C3CC1P32. The van der Waals surface area contributed by atoms with Gasteiger partial charge in [-0.05, 0) is 24.5 Å². The first-order chi connectivity index (χ1) is 5.83. The summed E-state index contributed by atoms with van der Waals surface area (Å²) in [6, 6.07) is 0. The largest absolute Gasteiger partial charge is 0.346 e. The average Bonchev–Trinajstić information content (AvgIpc) is 2.69. The number of hydrogen-bond donors (Lipinski definition) is 0. The Morgan fingerprint density at radius 3 is 3.25 bits per heavy atom. The fourth-order valence-corrected chi connectivity index (χ4v) is 5.76. The van der Waals surface area contributed by atoms with Crippen molar-refractivity contribution in [2.75, 3.05) is 0 Å². The zero-order chi connectivity index (χ0) is 8.29. The van der Waals surface area contributed by atoms with Crippen molar-refractivity contribution >= 4 is 8.07 Å². The van der Waals surface area contributed by atoms with E-state index in [9.17, 15) is 0 Å². The van der Waals surface area contributed by atoms with E-state index in [2.05, 4.69) is 30.8 Å². The number of nitrogens with zero attached hydrogens (tertiary/aromatic N) is 1. The van der Waals surface area contributed by atoms with Gasteiger partial charge in [0.05, 0.1) is 5.78 Å². The lowest BCUT2D eigenvalue weighted by atomic mass is 9.87. The molecule has 3 rings (SSSR count). The summed E-state index contributed by atoms with van der Waals surface area (Å²) in [4.78, 5) is 0. The summed E-state index contributed by atoms with van der Waals surface area (Å²) in [7, 11) is 0.380. The van der Waals surface area contributed by atoms with E-state index in [1.54, 1.807) is 0 Å². The Balaban J connectivity index is 1.79. The van der Waals surface area contributed by atoms with Gasteiger partial charge >= 0.3 is 0 Å². The van der Waals surface area contributed by atoms with Crippen LogP contribution in [0, 0.1) is 11.8 Å². The highest BCUT2D eigenvalue weighted by molar-refractivity contribution is 7.65. The highest BCUT2D eigenvalue weighted by atomic mass is 31.1. The maximum Gasteiger partial charge on any atom is 0.0714 e. The summed E-state index contributed by atoms with van der Waals surface area (Å²) in [5, 5.41) is 0. The molecule has 0 aromatic rings. The predicted molar refractivity (Wildman–Crippen MR) is 53.0 cm³/mol. The van der Waals surface area contributed by atoms with Gasteiger partial charge in [-0.1, -0.05) is 26.3 Å². The fourth-order valence-electron chi connectivity index (χ4n) is 2.70. The van der Waals surface area contributed by atoms with Gasteiger partial charge in [-0.3, -0.25) is 0 Å². The van der Waals surface area contributed by atoms with E-state index in [1.165, 1.54) is 12.8 Å². The summed E-state index contributed by atoms with van der Waals surface area (Å²) in [6.45, 7) is 4.73. The Kier molecular flexibility index (Phi) is 1.39. The van der Waals surface area contributed by atoms with Crippen LogP contribution < -0.4 is 0 Å². The molecule has 5 unspecified atom stereocenters. The molecule has 0 amide bonds. The number of fused-ring (bicyclic) bond motifs is 1. The second kappa shape index (κ2) is 2.26. The molecular weight excluding hydrogens is 165 g/mol. The summed E-state index contributed by atoms with van der Waals surface area (Å²) in [5.41, 5.74) is 1.09. The second-order valence-corrected chi connectivity index (χ2v) is 6.83. The Bertz CT molecular complexity index is 238. The molecule has 0 radical (unpaired) electrons. The Hall–Kier alpha value is -0.0300. The van der Waals surface area contributed by atoms with Crippen LogP contribution in [0.15, 0.2) is 12.3 Å².